The fourth-order valence-electron chi connectivity index (χ4n) is 3.31. The smallest absolute Gasteiger partial charge is 0.229 e. The number of ether oxygens (including phenoxy) is 1. The molecular weight excluding hydrogens is 312 g/mol. The second-order valence-corrected chi connectivity index (χ2v) is 6.58. The summed E-state index contributed by atoms with van der Waals surface area (Å²) < 4.78 is 5.34. The molecule has 1 atom stereocenters. The lowest BCUT2D eigenvalue weighted by Gasteiger charge is -2.36. The van der Waals surface area contributed by atoms with E-state index in [4.69, 9.17) is 4.74 Å². The molecule has 0 bridgehead atoms. The Morgan fingerprint density at radius 3 is 2.35 bits per heavy atom. The van der Waals surface area contributed by atoms with Crippen molar-refractivity contribution in [1.82, 2.24) is 10.6 Å². The van der Waals surface area contributed by atoms with Crippen LogP contribution in [0, 0.1) is 19.3 Å². The van der Waals surface area contributed by atoms with Crippen LogP contribution in [-0.4, -0.2) is 32.7 Å². The van der Waals surface area contributed by atoms with Crippen LogP contribution in [0.15, 0.2) is 18.2 Å². The Hall–Kier alpha value is -1.10. The molecule has 1 unspecified atom stereocenters. The van der Waals surface area contributed by atoms with Gasteiger partial charge in [0.1, 0.15) is 0 Å². The van der Waals surface area contributed by atoms with E-state index in [1.54, 1.807) is 7.11 Å². The largest absolute Gasteiger partial charge is 0.384 e. The monoisotopic (exact) mass is 340 g/mol. The topological polar surface area (TPSA) is 50.4 Å². The van der Waals surface area contributed by atoms with Crippen LogP contribution in [0.4, 0.5) is 0 Å². The van der Waals surface area contributed by atoms with Crippen LogP contribution in [-0.2, 0) is 9.53 Å². The zero-order valence-electron chi connectivity index (χ0n) is 14.6. The maximum Gasteiger partial charge on any atom is 0.229 e. The van der Waals surface area contributed by atoms with E-state index in [1.807, 2.05) is 6.92 Å². The molecule has 1 fully saturated rings. The zero-order valence-corrected chi connectivity index (χ0v) is 15.4. The number of hydrogen-bond donors (Lipinski definition) is 2. The highest BCUT2D eigenvalue weighted by Gasteiger charge is 2.40. The van der Waals surface area contributed by atoms with Gasteiger partial charge < -0.3 is 15.4 Å². The van der Waals surface area contributed by atoms with Crippen molar-refractivity contribution in [2.45, 2.75) is 39.7 Å². The molecule has 130 valence electrons. The molecule has 0 aliphatic carbocycles. The number of nitrogens with one attached hydrogen (secondary N) is 2. The third kappa shape index (κ3) is 4.93. The highest BCUT2D eigenvalue weighted by molar-refractivity contribution is 5.85. The number of amides is 1. The van der Waals surface area contributed by atoms with Crippen molar-refractivity contribution in [3.63, 3.8) is 0 Å². The summed E-state index contributed by atoms with van der Waals surface area (Å²) in [5.74, 6) is 0.113. The molecule has 0 spiro atoms. The summed E-state index contributed by atoms with van der Waals surface area (Å²) in [6.07, 6.45) is 1.65. The van der Waals surface area contributed by atoms with Gasteiger partial charge in [-0.1, -0.05) is 29.3 Å². The minimum Gasteiger partial charge on any atom is -0.384 e. The fraction of sp³-hybridized carbons (Fsp3) is 0.611. The van der Waals surface area contributed by atoms with Gasteiger partial charge in [0.15, 0.2) is 0 Å². The molecule has 1 aromatic rings. The van der Waals surface area contributed by atoms with Gasteiger partial charge in [-0.2, -0.15) is 0 Å². The first-order valence-corrected chi connectivity index (χ1v) is 8.06. The number of piperidine rings is 1. The zero-order chi connectivity index (χ0) is 16.2. The van der Waals surface area contributed by atoms with Gasteiger partial charge >= 0.3 is 0 Å². The lowest BCUT2D eigenvalue weighted by Crippen LogP contribution is -2.50. The summed E-state index contributed by atoms with van der Waals surface area (Å²) in [6.45, 7) is 8.45. The third-order valence-electron chi connectivity index (χ3n) is 4.55. The number of rotatable bonds is 5. The highest BCUT2D eigenvalue weighted by atomic mass is 35.5. The Bertz CT molecular complexity index is 502. The van der Waals surface area contributed by atoms with E-state index in [0.717, 1.165) is 31.5 Å². The van der Waals surface area contributed by atoms with Crippen LogP contribution in [0.5, 0.6) is 0 Å². The molecule has 23 heavy (non-hydrogen) atoms. The first kappa shape index (κ1) is 19.9. The molecule has 5 heteroatoms. The summed E-state index contributed by atoms with van der Waals surface area (Å²) in [5.41, 5.74) is 3.22. The van der Waals surface area contributed by atoms with Crippen molar-refractivity contribution in [3.05, 3.63) is 34.9 Å². The minimum absolute atomic E-state index is 0. The normalized spacial score (nSPS) is 17.9. The van der Waals surface area contributed by atoms with Crippen molar-refractivity contribution < 1.29 is 9.53 Å². The number of carbonyl (C=O) groups is 1. The fourth-order valence-corrected chi connectivity index (χ4v) is 3.31. The van der Waals surface area contributed by atoms with Gasteiger partial charge in [0.2, 0.25) is 5.91 Å². The summed E-state index contributed by atoms with van der Waals surface area (Å²) >= 11 is 0. The van der Waals surface area contributed by atoms with Crippen LogP contribution in [0.25, 0.3) is 0 Å². The first-order chi connectivity index (χ1) is 10.5. The van der Waals surface area contributed by atoms with Crippen LogP contribution in [0.1, 0.15) is 42.5 Å². The predicted molar refractivity (Wildman–Crippen MR) is 96.1 cm³/mol. The molecule has 1 aromatic carbocycles. The van der Waals surface area contributed by atoms with E-state index in [2.05, 4.69) is 42.7 Å². The van der Waals surface area contributed by atoms with E-state index in [0.29, 0.717) is 6.61 Å². The standard InChI is InChI=1S/C18H28N2O2.ClH/c1-13-9-14(2)11-16(10-13)15(3)20-17(21)18(12-22-4)5-7-19-8-6-18;/h9-11,15,19H,5-8,12H2,1-4H3,(H,20,21);1H. The number of hydrogen-bond acceptors (Lipinski definition) is 3. The van der Waals surface area contributed by atoms with Crippen LogP contribution < -0.4 is 10.6 Å². The molecule has 0 aromatic heterocycles. The van der Waals surface area contributed by atoms with Gasteiger partial charge in [-0.3, -0.25) is 4.79 Å². The molecule has 2 rings (SSSR count). The van der Waals surface area contributed by atoms with E-state index in [1.165, 1.54) is 11.1 Å². The van der Waals surface area contributed by atoms with Crippen molar-refractivity contribution in [2.75, 3.05) is 26.8 Å². The van der Waals surface area contributed by atoms with Gasteiger partial charge in [-0.15, -0.1) is 12.4 Å². The Balaban J connectivity index is 0.00000264. The van der Waals surface area contributed by atoms with E-state index >= 15 is 0 Å². The molecule has 1 amide bonds. The quantitative estimate of drug-likeness (QED) is 0.866. The van der Waals surface area contributed by atoms with Gasteiger partial charge in [0.05, 0.1) is 18.1 Å². The Labute approximate surface area is 145 Å². The number of halogens is 1. The molecule has 0 radical (unpaired) electrons. The van der Waals surface area contributed by atoms with E-state index < -0.39 is 5.41 Å². The molecule has 2 N–H and O–H groups in total. The number of benzene rings is 1. The van der Waals surface area contributed by atoms with E-state index in [-0.39, 0.29) is 24.4 Å². The average Bonchev–Trinajstić information content (AvgIpc) is 2.47. The summed E-state index contributed by atoms with van der Waals surface area (Å²) in [7, 11) is 1.67. The number of carbonyl (C=O) groups excluding carboxylic acids is 1. The van der Waals surface area contributed by atoms with Gasteiger partial charge in [-0.05, 0) is 52.3 Å². The Morgan fingerprint density at radius 2 is 1.83 bits per heavy atom. The maximum atomic E-state index is 12.8. The van der Waals surface area contributed by atoms with Crippen LogP contribution in [0.3, 0.4) is 0 Å². The molecule has 1 aliphatic rings. The van der Waals surface area contributed by atoms with Crippen LogP contribution in [0.2, 0.25) is 0 Å². The highest BCUT2D eigenvalue weighted by Crippen LogP contribution is 2.30. The summed E-state index contributed by atoms with van der Waals surface area (Å²) in [6, 6.07) is 6.44. The number of aryl methyl sites for hydroxylation is 2. The summed E-state index contributed by atoms with van der Waals surface area (Å²) in [5, 5.41) is 6.52. The van der Waals surface area contributed by atoms with Gasteiger partial charge in [0.25, 0.3) is 0 Å². The van der Waals surface area contributed by atoms with Gasteiger partial charge in [0, 0.05) is 7.11 Å². The molecule has 1 saturated heterocycles. The maximum absolute atomic E-state index is 12.8. The van der Waals surface area contributed by atoms with Gasteiger partial charge in [-0.25, -0.2) is 0 Å². The molecule has 0 saturated carbocycles. The van der Waals surface area contributed by atoms with Crippen molar-refractivity contribution in [1.29, 1.82) is 0 Å². The Kier molecular flexibility index (Phi) is 7.52. The molecular formula is C18H29ClN2O2. The van der Waals surface area contributed by atoms with Crippen molar-refractivity contribution >= 4 is 18.3 Å². The number of methoxy groups -OCH3 is 1. The van der Waals surface area contributed by atoms with E-state index in [9.17, 15) is 4.79 Å². The lowest BCUT2D eigenvalue weighted by molar-refractivity contribution is -0.136. The van der Waals surface area contributed by atoms with Crippen LogP contribution >= 0.6 is 12.4 Å². The molecule has 1 heterocycles. The first-order valence-electron chi connectivity index (χ1n) is 8.06. The Morgan fingerprint density at radius 1 is 1.26 bits per heavy atom. The van der Waals surface area contributed by atoms with Crippen molar-refractivity contribution in [3.8, 4) is 0 Å². The SMILES string of the molecule is COCC1(C(=O)NC(C)c2cc(C)cc(C)c2)CCNCC1.Cl. The summed E-state index contributed by atoms with van der Waals surface area (Å²) in [4.78, 5) is 12.8. The third-order valence-corrected chi connectivity index (χ3v) is 4.55. The molecule has 1 aliphatic heterocycles. The predicted octanol–water partition coefficient (Wildman–Crippen LogP) is 2.92. The lowest BCUT2D eigenvalue weighted by atomic mass is 9.78. The second kappa shape index (κ2) is 8.67. The van der Waals surface area contributed by atoms with Crippen molar-refractivity contribution in [2.24, 2.45) is 5.41 Å². The minimum atomic E-state index is -0.396. The second-order valence-electron chi connectivity index (χ2n) is 6.58. The molecule has 4 nitrogen and oxygen atoms in total. The average molecular weight is 341 g/mol.